The molecule has 1 aliphatic heterocycles. The molecular weight excluding hydrogens is 388 g/mol. The summed E-state index contributed by atoms with van der Waals surface area (Å²) in [6, 6.07) is 27.3. The van der Waals surface area contributed by atoms with E-state index in [9.17, 15) is 9.59 Å². The van der Waals surface area contributed by atoms with E-state index in [-0.39, 0.29) is 24.2 Å². The maximum absolute atomic E-state index is 13.5. The molecule has 0 N–H and O–H groups in total. The van der Waals surface area contributed by atoms with Crippen LogP contribution in [0.1, 0.15) is 17.5 Å². The number of methoxy groups -OCH3 is 1. The van der Waals surface area contributed by atoms with Crippen molar-refractivity contribution in [1.82, 2.24) is 4.90 Å². The smallest absolute Gasteiger partial charge is 0.232 e. The predicted molar refractivity (Wildman–Crippen MR) is 121 cm³/mol. The molecule has 0 radical (unpaired) electrons. The van der Waals surface area contributed by atoms with Crippen molar-refractivity contribution in [2.24, 2.45) is 5.92 Å². The molecule has 5 nitrogen and oxygen atoms in total. The second kappa shape index (κ2) is 9.47. The highest BCUT2D eigenvalue weighted by Gasteiger charge is 2.37. The Bertz CT molecular complexity index is 1020. The molecule has 31 heavy (non-hydrogen) atoms. The number of carbonyl (C=O) groups is 2. The van der Waals surface area contributed by atoms with E-state index in [0.717, 1.165) is 22.6 Å². The Kier molecular flexibility index (Phi) is 6.32. The molecule has 1 aliphatic rings. The predicted octanol–water partition coefficient (Wildman–Crippen LogP) is 4.28. The molecule has 1 atom stereocenters. The van der Waals surface area contributed by atoms with Gasteiger partial charge in [0.1, 0.15) is 5.75 Å². The fraction of sp³-hybridized carbons (Fsp3) is 0.231. The molecule has 158 valence electrons. The minimum absolute atomic E-state index is 0.0133. The van der Waals surface area contributed by atoms with Crippen molar-refractivity contribution in [3.05, 3.63) is 96.1 Å². The van der Waals surface area contributed by atoms with Gasteiger partial charge >= 0.3 is 0 Å². The molecule has 4 rings (SSSR count). The zero-order valence-corrected chi connectivity index (χ0v) is 17.6. The maximum atomic E-state index is 13.5. The fourth-order valence-corrected chi connectivity index (χ4v) is 3.93. The summed E-state index contributed by atoms with van der Waals surface area (Å²) in [5.41, 5.74) is 2.92. The van der Waals surface area contributed by atoms with Crippen LogP contribution in [0.15, 0.2) is 84.9 Å². The first-order valence-electron chi connectivity index (χ1n) is 10.4. The Balaban J connectivity index is 1.49. The van der Waals surface area contributed by atoms with Crippen LogP contribution in [-0.4, -0.2) is 30.4 Å². The standard InChI is InChI=1S/C26H26N2O3/c1-31-24-14-12-21(13-15-24)17-27-19-22(16-25(27)29)26(30)28(23-10-6-3-7-11-23)18-20-8-4-2-5-9-20/h2-15,22H,16-19H2,1H3. The number of rotatable bonds is 7. The van der Waals surface area contributed by atoms with E-state index in [4.69, 9.17) is 4.74 Å². The van der Waals surface area contributed by atoms with Gasteiger partial charge in [0.25, 0.3) is 0 Å². The normalized spacial score (nSPS) is 15.7. The molecule has 2 amide bonds. The molecule has 0 bridgehead atoms. The lowest BCUT2D eigenvalue weighted by atomic mass is 10.1. The largest absolute Gasteiger partial charge is 0.497 e. The Morgan fingerprint density at radius 2 is 1.58 bits per heavy atom. The van der Waals surface area contributed by atoms with Crippen molar-refractivity contribution in [2.45, 2.75) is 19.5 Å². The van der Waals surface area contributed by atoms with Gasteiger partial charge in [0.2, 0.25) is 11.8 Å². The van der Waals surface area contributed by atoms with E-state index in [0.29, 0.717) is 19.6 Å². The summed E-state index contributed by atoms with van der Waals surface area (Å²) >= 11 is 0. The van der Waals surface area contributed by atoms with Crippen molar-refractivity contribution >= 4 is 17.5 Å². The van der Waals surface area contributed by atoms with Crippen LogP contribution in [0.3, 0.4) is 0 Å². The average Bonchev–Trinajstić information content (AvgIpc) is 3.19. The number of amides is 2. The molecule has 0 spiro atoms. The van der Waals surface area contributed by atoms with Gasteiger partial charge < -0.3 is 14.5 Å². The first-order valence-corrected chi connectivity index (χ1v) is 10.4. The summed E-state index contributed by atoms with van der Waals surface area (Å²) in [7, 11) is 1.63. The van der Waals surface area contributed by atoms with Crippen LogP contribution in [0, 0.1) is 5.92 Å². The lowest BCUT2D eigenvalue weighted by Gasteiger charge is -2.26. The van der Waals surface area contributed by atoms with E-state index in [2.05, 4.69) is 0 Å². The van der Waals surface area contributed by atoms with Gasteiger partial charge in [-0.25, -0.2) is 0 Å². The summed E-state index contributed by atoms with van der Waals surface area (Å²) in [6.45, 7) is 1.41. The van der Waals surface area contributed by atoms with Crippen molar-refractivity contribution in [2.75, 3.05) is 18.6 Å². The molecule has 1 unspecified atom stereocenters. The van der Waals surface area contributed by atoms with E-state index < -0.39 is 0 Å². The second-order valence-electron chi connectivity index (χ2n) is 7.77. The van der Waals surface area contributed by atoms with Crippen LogP contribution >= 0.6 is 0 Å². The quantitative estimate of drug-likeness (QED) is 0.580. The lowest BCUT2D eigenvalue weighted by molar-refractivity contribution is -0.128. The summed E-state index contributed by atoms with van der Waals surface area (Å²) in [4.78, 5) is 29.7. The van der Waals surface area contributed by atoms with Gasteiger partial charge in [0.05, 0.1) is 19.6 Å². The highest BCUT2D eigenvalue weighted by molar-refractivity contribution is 5.99. The van der Waals surface area contributed by atoms with Crippen LogP contribution in [0.4, 0.5) is 5.69 Å². The van der Waals surface area contributed by atoms with Crippen LogP contribution in [0.2, 0.25) is 0 Å². The van der Waals surface area contributed by atoms with Gasteiger partial charge in [0, 0.05) is 25.2 Å². The van der Waals surface area contributed by atoms with Crippen molar-refractivity contribution < 1.29 is 14.3 Å². The van der Waals surface area contributed by atoms with Crippen molar-refractivity contribution in [1.29, 1.82) is 0 Å². The Morgan fingerprint density at radius 1 is 0.935 bits per heavy atom. The van der Waals surface area contributed by atoms with Crippen LogP contribution < -0.4 is 9.64 Å². The molecule has 3 aromatic rings. The number of carbonyl (C=O) groups excluding carboxylic acids is 2. The van der Waals surface area contributed by atoms with E-state index in [1.165, 1.54) is 0 Å². The number of hydrogen-bond acceptors (Lipinski definition) is 3. The number of likely N-dealkylation sites (tertiary alicyclic amines) is 1. The van der Waals surface area contributed by atoms with Gasteiger partial charge in [-0.15, -0.1) is 0 Å². The minimum Gasteiger partial charge on any atom is -0.497 e. The van der Waals surface area contributed by atoms with Crippen LogP contribution in [0.25, 0.3) is 0 Å². The van der Waals surface area contributed by atoms with Crippen molar-refractivity contribution in [3.63, 3.8) is 0 Å². The average molecular weight is 415 g/mol. The fourth-order valence-electron chi connectivity index (χ4n) is 3.93. The Hall–Kier alpha value is -3.60. The molecule has 0 aromatic heterocycles. The topological polar surface area (TPSA) is 49.9 Å². The highest BCUT2D eigenvalue weighted by atomic mass is 16.5. The van der Waals surface area contributed by atoms with Crippen molar-refractivity contribution in [3.8, 4) is 5.75 Å². The third kappa shape index (κ3) is 4.94. The number of benzene rings is 3. The number of hydrogen-bond donors (Lipinski definition) is 0. The summed E-state index contributed by atoms with van der Waals surface area (Å²) < 4.78 is 5.20. The zero-order chi connectivity index (χ0) is 21.6. The molecule has 1 saturated heterocycles. The van der Waals surface area contributed by atoms with Gasteiger partial charge in [0.15, 0.2) is 0 Å². The molecule has 5 heteroatoms. The Labute approximate surface area is 182 Å². The molecule has 1 fully saturated rings. The second-order valence-corrected chi connectivity index (χ2v) is 7.77. The van der Waals surface area contributed by atoms with E-state index in [1.54, 1.807) is 16.9 Å². The van der Waals surface area contributed by atoms with Gasteiger partial charge in [-0.1, -0.05) is 60.7 Å². The van der Waals surface area contributed by atoms with Gasteiger partial charge in [-0.05, 0) is 35.4 Å². The summed E-state index contributed by atoms with van der Waals surface area (Å²) in [5.74, 6) is 0.432. The van der Waals surface area contributed by atoms with E-state index in [1.807, 2.05) is 84.9 Å². The van der Waals surface area contributed by atoms with Crippen LogP contribution in [-0.2, 0) is 22.7 Å². The molecule has 1 heterocycles. The van der Waals surface area contributed by atoms with Gasteiger partial charge in [-0.3, -0.25) is 9.59 Å². The number of anilines is 1. The van der Waals surface area contributed by atoms with Gasteiger partial charge in [-0.2, -0.15) is 0 Å². The zero-order valence-electron chi connectivity index (χ0n) is 17.6. The molecule has 0 aliphatic carbocycles. The monoisotopic (exact) mass is 414 g/mol. The van der Waals surface area contributed by atoms with E-state index >= 15 is 0 Å². The van der Waals surface area contributed by atoms with Crippen LogP contribution in [0.5, 0.6) is 5.75 Å². The SMILES string of the molecule is COc1ccc(CN2CC(C(=O)N(Cc3ccccc3)c3ccccc3)CC2=O)cc1. The number of para-hydroxylation sites is 1. The first-order chi connectivity index (χ1) is 15.1. The Morgan fingerprint density at radius 3 is 2.23 bits per heavy atom. The highest BCUT2D eigenvalue weighted by Crippen LogP contribution is 2.26. The third-order valence-electron chi connectivity index (χ3n) is 5.61. The molecular formula is C26H26N2O3. The molecule has 0 saturated carbocycles. The summed E-state index contributed by atoms with van der Waals surface area (Å²) in [6.07, 6.45) is 0.243. The summed E-state index contributed by atoms with van der Waals surface area (Å²) in [5, 5.41) is 0. The number of nitrogens with zero attached hydrogens (tertiary/aromatic N) is 2. The maximum Gasteiger partial charge on any atom is 0.232 e. The lowest BCUT2D eigenvalue weighted by Crippen LogP contribution is -2.37. The first kappa shape index (κ1) is 20.7. The molecule has 3 aromatic carbocycles. The number of ether oxygens (including phenoxy) is 1. The minimum atomic E-state index is -0.352. The third-order valence-corrected chi connectivity index (χ3v) is 5.61.